The molecule has 0 saturated heterocycles. The van der Waals surface area contributed by atoms with Gasteiger partial charge in [0.15, 0.2) is 0 Å². The van der Waals surface area contributed by atoms with E-state index in [2.05, 4.69) is 0 Å². The van der Waals surface area contributed by atoms with Crippen molar-refractivity contribution in [3.8, 4) is 0 Å². The number of non-ortho nitro benzene ring substituents is 1. The van der Waals surface area contributed by atoms with E-state index < -0.39 is 0 Å². The third kappa shape index (κ3) is 3.35. The van der Waals surface area contributed by atoms with Gasteiger partial charge in [-0.1, -0.05) is 12.1 Å². The van der Waals surface area contributed by atoms with Crippen LogP contribution in [0.3, 0.4) is 0 Å². The summed E-state index contributed by atoms with van der Waals surface area (Å²) in [6.45, 7) is 0.638. The standard InChI is InChI=1S/C9H12N2O2S/c10-4-5-14-7-8-2-1-3-9(6-8)11(12)13/h1-3,6H,4-5,7,10H2. The molecule has 0 aromatic heterocycles. The number of hydrogen-bond donors (Lipinski definition) is 1. The van der Waals surface area contributed by atoms with Crippen molar-refractivity contribution in [3.63, 3.8) is 0 Å². The fourth-order valence-corrected chi connectivity index (χ4v) is 1.76. The van der Waals surface area contributed by atoms with E-state index in [4.69, 9.17) is 5.73 Å². The van der Waals surface area contributed by atoms with Crippen molar-refractivity contribution in [1.29, 1.82) is 0 Å². The number of nitrogens with two attached hydrogens (primary N) is 1. The first kappa shape index (κ1) is 11.0. The van der Waals surface area contributed by atoms with Crippen molar-refractivity contribution >= 4 is 17.4 Å². The number of nitrogens with zero attached hydrogens (tertiary/aromatic N) is 1. The number of nitro groups is 1. The van der Waals surface area contributed by atoms with Gasteiger partial charge in [-0.05, 0) is 5.56 Å². The average Bonchev–Trinajstić information content (AvgIpc) is 2.19. The van der Waals surface area contributed by atoms with Crippen molar-refractivity contribution in [2.45, 2.75) is 5.75 Å². The molecule has 0 fully saturated rings. The predicted octanol–water partition coefficient (Wildman–Crippen LogP) is 1.79. The summed E-state index contributed by atoms with van der Waals surface area (Å²) in [4.78, 5) is 10.1. The molecule has 1 aromatic carbocycles. The molecule has 76 valence electrons. The van der Waals surface area contributed by atoms with Gasteiger partial charge in [-0.15, -0.1) is 0 Å². The highest BCUT2D eigenvalue weighted by Gasteiger charge is 2.04. The third-order valence-corrected chi connectivity index (χ3v) is 2.71. The summed E-state index contributed by atoms with van der Waals surface area (Å²) in [6.07, 6.45) is 0. The van der Waals surface area contributed by atoms with Crippen LogP contribution >= 0.6 is 11.8 Å². The topological polar surface area (TPSA) is 69.2 Å². The Labute approximate surface area is 86.6 Å². The van der Waals surface area contributed by atoms with Crippen molar-refractivity contribution in [2.24, 2.45) is 5.73 Å². The minimum absolute atomic E-state index is 0.149. The maximum absolute atomic E-state index is 10.5. The first-order chi connectivity index (χ1) is 6.74. The Balaban J connectivity index is 2.59. The molecule has 0 spiro atoms. The lowest BCUT2D eigenvalue weighted by atomic mass is 10.2. The van der Waals surface area contributed by atoms with Gasteiger partial charge in [0.1, 0.15) is 0 Å². The monoisotopic (exact) mass is 212 g/mol. The zero-order valence-electron chi connectivity index (χ0n) is 7.68. The molecule has 0 heterocycles. The van der Waals surface area contributed by atoms with Gasteiger partial charge in [0, 0.05) is 30.2 Å². The maximum atomic E-state index is 10.5. The molecule has 0 aliphatic heterocycles. The predicted molar refractivity (Wildman–Crippen MR) is 58.3 cm³/mol. The van der Waals surface area contributed by atoms with E-state index in [0.29, 0.717) is 6.54 Å². The normalized spacial score (nSPS) is 10.1. The first-order valence-corrected chi connectivity index (χ1v) is 5.40. The van der Waals surface area contributed by atoms with Gasteiger partial charge >= 0.3 is 0 Å². The summed E-state index contributed by atoms with van der Waals surface area (Å²) in [5, 5.41) is 10.5. The number of nitro benzene ring substituents is 1. The van der Waals surface area contributed by atoms with Crippen molar-refractivity contribution in [2.75, 3.05) is 12.3 Å². The van der Waals surface area contributed by atoms with Crippen LogP contribution in [0.4, 0.5) is 5.69 Å². The molecule has 4 nitrogen and oxygen atoms in total. The summed E-state index contributed by atoms with van der Waals surface area (Å²) in [6, 6.07) is 6.69. The molecule has 0 amide bonds. The highest BCUT2D eigenvalue weighted by Crippen LogP contribution is 2.17. The number of hydrogen-bond acceptors (Lipinski definition) is 4. The van der Waals surface area contributed by atoms with Crippen LogP contribution in [-0.4, -0.2) is 17.2 Å². The van der Waals surface area contributed by atoms with Crippen molar-refractivity contribution in [3.05, 3.63) is 39.9 Å². The van der Waals surface area contributed by atoms with Crippen molar-refractivity contribution < 1.29 is 4.92 Å². The van der Waals surface area contributed by atoms with Gasteiger partial charge in [0.2, 0.25) is 0 Å². The van der Waals surface area contributed by atoms with Crippen LogP contribution in [0.1, 0.15) is 5.56 Å². The largest absolute Gasteiger partial charge is 0.330 e. The lowest BCUT2D eigenvalue weighted by Gasteiger charge is -1.99. The molecule has 1 rings (SSSR count). The van der Waals surface area contributed by atoms with Crippen molar-refractivity contribution in [1.82, 2.24) is 0 Å². The quantitative estimate of drug-likeness (QED) is 0.459. The Morgan fingerprint density at radius 3 is 2.93 bits per heavy atom. The van der Waals surface area contributed by atoms with Gasteiger partial charge in [-0.2, -0.15) is 11.8 Å². The smallest absolute Gasteiger partial charge is 0.269 e. The van der Waals surface area contributed by atoms with E-state index in [0.717, 1.165) is 17.1 Å². The molecule has 5 heteroatoms. The first-order valence-electron chi connectivity index (χ1n) is 4.25. The Hall–Kier alpha value is -1.07. The van der Waals surface area contributed by atoms with Crippen LogP contribution in [0.15, 0.2) is 24.3 Å². The molecule has 0 aliphatic rings. The number of benzene rings is 1. The lowest BCUT2D eigenvalue weighted by molar-refractivity contribution is -0.384. The van der Waals surface area contributed by atoms with E-state index in [-0.39, 0.29) is 10.6 Å². The van der Waals surface area contributed by atoms with E-state index in [9.17, 15) is 10.1 Å². The highest BCUT2D eigenvalue weighted by atomic mass is 32.2. The third-order valence-electron chi connectivity index (χ3n) is 1.65. The van der Waals surface area contributed by atoms with E-state index in [1.807, 2.05) is 6.07 Å². The second kappa shape index (κ2) is 5.62. The molecule has 0 atom stereocenters. The van der Waals surface area contributed by atoms with Gasteiger partial charge in [0.05, 0.1) is 4.92 Å². The second-order valence-corrected chi connectivity index (χ2v) is 3.87. The molecule has 0 radical (unpaired) electrons. The van der Waals surface area contributed by atoms with Gasteiger partial charge in [-0.3, -0.25) is 10.1 Å². The van der Waals surface area contributed by atoms with Gasteiger partial charge in [0.25, 0.3) is 5.69 Å². The Morgan fingerprint density at radius 1 is 1.50 bits per heavy atom. The fraction of sp³-hybridized carbons (Fsp3) is 0.333. The van der Waals surface area contributed by atoms with Gasteiger partial charge < -0.3 is 5.73 Å². The van der Waals surface area contributed by atoms with Crippen LogP contribution < -0.4 is 5.73 Å². The Kier molecular flexibility index (Phi) is 4.42. The molecular weight excluding hydrogens is 200 g/mol. The zero-order chi connectivity index (χ0) is 10.4. The molecular formula is C9H12N2O2S. The number of rotatable bonds is 5. The summed E-state index contributed by atoms with van der Waals surface area (Å²) in [7, 11) is 0. The van der Waals surface area contributed by atoms with Crippen LogP contribution in [0.5, 0.6) is 0 Å². The average molecular weight is 212 g/mol. The molecule has 14 heavy (non-hydrogen) atoms. The molecule has 0 unspecified atom stereocenters. The Bertz CT molecular complexity index is 317. The minimum atomic E-state index is -0.378. The minimum Gasteiger partial charge on any atom is -0.330 e. The van der Waals surface area contributed by atoms with E-state index in [1.54, 1.807) is 23.9 Å². The highest BCUT2D eigenvalue weighted by molar-refractivity contribution is 7.98. The SMILES string of the molecule is NCCSCc1cccc([N+](=O)[O-])c1. The number of thioether (sulfide) groups is 1. The Morgan fingerprint density at radius 2 is 2.29 bits per heavy atom. The van der Waals surface area contributed by atoms with Gasteiger partial charge in [-0.25, -0.2) is 0 Å². The second-order valence-electron chi connectivity index (χ2n) is 2.77. The summed E-state index contributed by atoms with van der Waals surface area (Å²) >= 11 is 1.68. The summed E-state index contributed by atoms with van der Waals surface area (Å²) in [5.74, 6) is 1.65. The molecule has 2 N–H and O–H groups in total. The lowest BCUT2D eigenvalue weighted by Crippen LogP contribution is -2.01. The molecule has 0 saturated carbocycles. The van der Waals surface area contributed by atoms with E-state index >= 15 is 0 Å². The molecule has 1 aromatic rings. The van der Waals surface area contributed by atoms with Crippen LogP contribution in [0, 0.1) is 10.1 Å². The zero-order valence-corrected chi connectivity index (χ0v) is 8.50. The van der Waals surface area contributed by atoms with Crippen LogP contribution in [-0.2, 0) is 5.75 Å². The van der Waals surface area contributed by atoms with E-state index in [1.165, 1.54) is 6.07 Å². The fourth-order valence-electron chi connectivity index (χ4n) is 1.03. The molecule has 0 bridgehead atoms. The summed E-state index contributed by atoms with van der Waals surface area (Å²) in [5.41, 5.74) is 6.46. The van der Waals surface area contributed by atoms with Crippen LogP contribution in [0.2, 0.25) is 0 Å². The molecule has 0 aliphatic carbocycles. The summed E-state index contributed by atoms with van der Waals surface area (Å²) < 4.78 is 0. The van der Waals surface area contributed by atoms with Crippen LogP contribution in [0.25, 0.3) is 0 Å². The maximum Gasteiger partial charge on any atom is 0.269 e.